The fourth-order valence-corrected chi connectivity index (χ4v) is 4.28. The average Bonchev–Trinajstić information content (AvgIpc) is 3.18. The zero-order chi connectivity index (χ0) is 18.7. The first-order chi connectivity index (χ1) is 12.5. The van der Waals surface area contributed by atoms with Crippen LogP contribution in [0.15, 0.2) is 29.2 Å². The molecule has 134 valence electrons. The van der Waals surface area contributed by atoms with Gasteiger partial charge in [0.2, 0.25) is 0 Å². The molecular weight excluding hydrogens is 374 g/mol. The molecule has 2 N–H and O–H groups in total. The zero-order valence-electron chi connectivity index (χ0n) is 13.8. The van der Waals surface area contributed by atoms with Crippen molar-refractivity contribution < 1.29 is 19.4 Å². The van der Waals surface area contributed by atoms with E-state index in [2.05, 4.69) is 10.2 Å². The van der Waals surface area contributed by atoms with Crippen molar-refractivity contribution in [1.29, 1.82) is 5.41 Å². The standard InChI is InChI=1S/C17H15N3O4S2/c1-2-12-19-20-17(26-12)14-15(23)11(25-16(14)18)7-9-4-3-5-10(6-9)24-8-13(21)22/h3-7,14,18H,2,8H2,1H3,(H,21,22). The van der Waals surface area contributed by atoms with Gasteiger partial charge in [-0.3, -0.25) is 10.2 Å². The molecule has 0 saturated carbocycles. The molecule has 0 aliphatic carbocycles. The smallest absolute Gasteiger partial charge is 0.341 e. The Morgan fingerprint density at radius 1 is 1.42 bits per heavy atom. The van der Waals surface area contributed by atoms with Crippen LogP contribution >= 0.6 is 23.1 Å². The van der Waals surface area contributed by atoms with E-state index in [0.29, 0.717) is 21.2 Å². The number of hydrogen-bond donors (Lipinski definition) is 2. The summed E-state index contributed by atoms with van der Waals surface area (Å²) in [7, 11) is 0. The van der Waals surface area contributed by atoms with Gasteiger partial charge in [-0.25, -0.2) is 4.79 Å². The second-order valence-electron chi connectivity index (χ2n) is 5.41. The molecule has 26 heavy (non-hydrogen) atoms. The van der Waals surface area contributed by atoms with Crippen LogP contribution < -0.4 is 4.74 Å². The second-order valence-corrected chi connectivity index (χ2v) is 7.59. The number of carboxylic acids is 1. The molecule has 1 aromatic heterocycles. The molecule has 0 bridgehead atoms. The van der Waals surface area contributed by atoms with Gasteiger partial charge in [-0.1, -0.05) is 30.8 Å². The summed E-state index contributed by atoms with van der Waals surface area (Å²) in [5.41, 5.74) is 0.698. The maximum atomic E-state index is 12.7. The molecule has 1 fully saturated rings. The first-order valence-corrected chi connectivity index (χ1v) is 9.40. The Morgan fingerprint density at radius 3 is 2.92 bits per heavy atom. The van der Waals surface area contributed by atoms with Crippen LogP contribution in [0.3, 0.4) is 0 Å². The molecule has 1 saturated heterocycles. The van der Waals surface area contributed by atoms with Gasteiger partial charge in [0, 0.05) is 0 Å². The van der Waals surface area contributed by atoms with E-state index in [4.69, 9.17) is 15.3 Å². The van der Waals surface area contributed by atoms with E-state index < -0.39 is 18.5 Å². The number of hydrogen-bond acceptors (Lipinski definition) is 8. The molecule has 0 radical (unpaired) electrons. The highest BCUT2D eigenvalue weighted by molar-refractivity contribution is 8.19. The Hall–Kier alpha value is -2.52. The molecule has 1 aliphatic heterocycles. The number of aliphatic carboxylic acids is 1. The second kappa shape index (κ2) is 7.79. The number of ketones is 1. The van der Waals surface area contributed by atoms with E-state index in [0.717, 1.165) is 23.2 Å². The summed E-state index contributed by atoms with van der Waals surface area (Å²) in [5, 5.41) is 26.5. The van der Waals surface area contributed by atoms with Gasteiger partial charge in [-0.15, -0.1) is 21.5 Å². The van der Waals surface area contributed by atoms with Gasteiger partial charge in [0.05, 0.1) is 9.95 Å². The molecule has 1 aliphatic rings. The van der Waals surface area contributed by atoms with Crippen molar-refractivity contribution in [2.45, 2.75) is 19.3 Å². The summed E-state index contributed by atoms with van der Waals surface area (Å²) in [6, 6.07) is 6.80. The number of aromatic nitrogens is 2. The van der Waals surface area contributed by atoms with E-state index in [1.807, 2.05) is 6.92 Å². The average molecular weight is 389 g/mol. The number of carbonyl (C=O) groups excluding carboxylic acids is 1. The predicted molar refractivity (Wildman–Crippen MR) is 99.9 cm³/mol. The third kappa shape index (κ3) is 4.00. The highest BCUT2D eigenvalue weighted by Crippen LogP contribution is 2.41. The molecule has 1 unspecified atom stereocenters. The molecule has 0 amide bonds. The third-order valence-electron chi connectivity index (χ3n) is 3.54. The Kier molecular flexibility index (Phi) is 5.48. The van der Waals surface area contributed by atoms with Crippen LogP contribution in [0.1, 0.15) is 28.4 Å². The van der Waals surface area contributed by atoms with Crippen LogP contribution in [0.4, 0.5) is 0 Å². The maximum absolute atomic E-state index is 12.7. The van der Waals surface area contributed by atoms with E-state index in [1.54, 1.807) is 30.3 Å². The number of carbonyl (C=O) groups is 2. The normalized spacial score (nSPS) is 18.5. The number of ether oxygens (including phenoxy) is 1. The fraction of sp³-hybridized carbons (Fsp3) is 0.235. The largest absolute Gasteiger partial charge is 0.482 e. The molecule has 0 spiro atoms. The lowest BCUT2D eigenvalue weighted by Gasteiger charge is -2.04. The SMILES string of the molecule is CCc1nnc(C2C(=N)SC(=Cc3cccc(OCC(=O)O)c3)C2=O)s1. The Labute approximate surface area is 157 Å². The van der Waals surface area contributed by atoms with Gasteiger partial charge in [0.1, 0.15) is 21.7 Å². The van der Waals surface area contributed by atoms with Gasteiger partial charge >= 0.3 is 5.97 Å². The van der Waals surface area contributed by atoms with Crippen LogP contribution in [-0.2, 0) is 16.0 Å². The van der Waals surface area contributed by atoms with Gasteiger partial charge in [0.25, 0.3) is 0 Å². The zero-order valence-corrected chi connectivity index (χ0v) is 15.4. The highest BCUT2D eigenvalue weighted by atomic mass is 32.2. The summed E-state index contributed by atoms with van der Waals surface area (Å²) in [6.45, 7) is 1.53. The minimum atomic E-state index is -1.06. The van der Waals surface area contributed by atoms with Crippen LogP contribution in [-0.4, -0.2) is 38.7 Å². The van der Waals surface area contributed by atoms with E-state index >= 15 is 0 Å². The quantitative estimate of drug-likeness (QED) is 0.730. The number of thioether (sulfide) groups is 1. The van der Waals surface area contributed by atoms with Crippen LogP contribution in [0.5, 0.6) is 5.75 Å². The van der Waals surface area contributed by atoms with Crippen molar-refractivity contribution in [2.24, 2.45) is 0 Å². The van der Waals surface area contributed by atoms with Crippen molar-refractivity contribution in [3.05, 3.63) is 44.7 Å². The van der Waals surface area contributed by atoms with Gasteiger partial charge < -0.3 is 9.84 Å². The predicted octanol–water partition coefficient (Wildman–Crippen LogP) is 2.98. The molecule has 2 aromatic rings. The first kappa shape index (κ1) is 18.3. The lowest BCUT2D eigenvalue weighted by Crippen LogP contribution is -2.11. The summed E-state index contributed by atoms with van der Waals surface area (Å²) in [5.74, 6) is -1.51. The number of benzene rings is 1. The Balaban J connectivity index is 1.81. The van der Waals surface area contributed by atoms with E-state index in [-0.39, 0.29) is 10.8 Å². The fourth-order valence-electron chi connectivity index (χ4n) is 2.33. The number of rotatable bonds is 6. The van der Waals surface area contributed by atoms with Crippen LogP contribution in [0.2, 0.25) is 0 Å². The lowest BCUT2D eigenvalue weighted by molar-refractivity contribution is -0.139. The highest BCUT2D eigenvalue weighted by Gasteiger charge is 2.39. The minimum Gasteiger partial charge on any atom is -0.482 e. The van der Waals surface area contributed by atoms with Crippen molar-refractivity contribution in [1.82, 2.24) is 10.2 Å². The van der Waals surface area contributed by atoms with Crippen molar-refractivity contribution in [3.8, 4) is 5.75 Å². The van der Waals surface area contributed by atoms with Crippen LogP contribution in [0.25, 0.3) is 6.08 Å². The minimum absolute atomic E-state index is 0.171. The number of aryl methyl sites for hydroxylation is 1. The number of Topliss-reactive ketones (excluding diaryl/α,β-unsaturated/α-hetero) is 1. The molecule has 7 nitrogen and oxygen atoms in total. The summed E-state index contributed by atoms with van der Waals surface area (Å²) in [6.07, 6.45) is 2.42. The van der Waals surface area contributed by atoms with Gasteiger partial charge in [0.15, 0.2) is 12.4 Å². The topological polar surface area (TPSA) is 113 Å². The number of allylic oxidation sites excluding steroid dienone is 1. The third-order valence-corrected chi connectivity index (χ3v) is 5.66. The van der Waals surface area contributed by atoms with Crippen molar-refractivity contribution in [2.75, 3.05) is 6.61 Å². The molecular formula is C17H15N3O4S2. The Morgan fingerprint density at radius 2 is 2.23 bits per heavy atom. The molecule has 3 rings (SSSR count). The first-order valence-electron chi connectivity index (χ1n) is 7.77. The summed E-state index contributed by atoms with van der Waals surface area (Å²) >= 11 is 2.47. The maximum Gasteiger partial charge on any atom is 0.341 e. The number of carboxylic acid groups (broad SMARTS) is 1. The molecule has 1 aromatic carbocycles. The Bertz CT molecular complexity index is 907. The van der Waals surface area contributed by atoms with E-state index in [1.165, 1.54) is 11.3 Å². The molecule has 1 atom stereocenters. The summed E-state index contributed by atoms with van der Waals surface area (Å²) < 4.78 is 5.15. The molecule has 9 heteroatoms. The van der Waals surface area contributed by atoms with Gasteiger partial charge in [-0.2, -0.15) is 0 Å². The van der Waals surface area contributed by atoms with Crippen molar-refractivity contribution >= 4 is 46.0 Å². The number of nitrogens with one attached hydrogen (secondary N) is 1. The number of nitrogens with zero attached hydrogens (tertiary/aromatic N) is 2. The lowest BCUT2D eigenvalue weighted by atomic mass is 10.1. The van der Waals surface area contributed by atoms with Crippen LogP contribution in [0, 0.1) is 5.41 Å². The van der Waals surface area contributed by atoms with Crippen molar-refractivity contribution in [3.63, 3.8) is 0 Å². The van der Waals surface area contributed by atoms with E-state index in [9.17, 15) is 9.59 Å². The summed E-state index contributed by atoms with van der Waals surface area (Å²) in [4.78, 5) is 23.8. The van der Waals surface area contributed by atoms with Gasteiger partial charge in [-0.05, 0) is 30.2 Å². The monoisotopic (exact) mass is 389 g/mol. The molecule has 2 heterocycles.